The highest BCUT2D eigenvalue weighted by Crippen LogP contribution is 2.15. The number of imidazole rings is 1. The summed E-state index contributed by atoms with van der Waals surface area (Å²) in [7, 11) is 0. The quantitative estimate of drug-likeness (QED) is 0.670. The lowest BCUT2D eigenvalue weighted by Gasteiger charge is -2.07. The SMILES string of the molecule is O=C(COc1ccc(Cl)cc1)NCc1ccc2[nH]c(=O)[nH]c2c1. The number of aromatic nitrogens is 2. The number of ether oxygens (including phenoxy) is 1. The number of rotatable bonds is 5. The van der Waals surface area contributed by atoms with Crippen molar-refractivity contribution in [2.24, 2.45) is 0 Å². The van der Waals surface area contributed by atoms with Gasteiger partial charge in [-0.3, -0.25) is 4.79 Å². The normalized spacial score (nSPS) is 10.7. The zero-order valence-electron chi connectivity index (χ0n) is 12.1. The Balaban J connectivity index is 1.53. The molecule has 0 unspecified atom stereocenters. The number of fused-ring (bicyclic) bond motifs is 1. The van der Waals surface area contributed by atoms with Crippen LogP contribution in [-0.2, 0) is 11.3 Å². The van der Waals surface area contributed by atoms with E-state index in [1.54, 1.807) is 30.3 Å². The number of carbonyl (C=O) groups excluding carboxylic acids is 1. The standard InChI is InChI=1S/C16H14ClN3O3/c17-11-2-4-12(5-3-11)23-9-15(21)18-8-10-1-6-13-14(7-10)20-16(22)19-13/h1-7H,8-9H2,(H,18,21)(H2,19,20,22). The van der Waals surface area contributed by atoms with Crippen molar-refractivity contribution in [1.82, 2.24) is 15.3 Å². The van der Waals surface area contributed by atoms with Gasteiger partial charge in [0.25, 0.3) is 5.91 Å². The van der Waals surface area contributed by atoms with Gasteiger partial charge in [-0.15, -0.1) is 0 Å². The molecular formula is C16H14ClN3O3. The summed E-state index contributed by atoms with van der Waals surface area (Å²) in [6, 6.07) is 12.2. The molecule has 0 spiro atoms. The molecule has 0 aliphatic carbocycles. The van der Waals surface area contributed by atoms with E-state index in [9.17, 15) is 9.59 Å². The molecule has 2 aromatic carbocycles. The van der Waals surface area contributed by atoms with Crippen molar-refractivity contribution in [2.75, 3.05) is 6.61 Å². The number of nitrogens with one attached hydrogen (secondary N) is 3. The van der Waals surface area contributed by atoms with E-state index in [1.807, 2.05) is 12.1 Å². The van der Waals surface area contributed by atoms with Crippen LogP contribution in [0.4, 0.5) is 0 Å². The highest BCUT2D eigenvalue weighted by Gasteiger charge is 2.04. The zero-order chi connectivity index (χ0) is 16.2. The Morgan fingerprint density at radius 2 is 1.83 bits per heavy atom. The first-order valence-corrected chi connectivity index (χ1v) is 7.34. The van der Waals surface area contributed by atoms with Gasteiger partial charge in [-0.25, -0.2) is 4.79 Å². The number of carbonyl (C=O) groups is 1. The van der Waals surface area contributed by atoms with E-state index in [4.69, 9.17) is 16.3 Å². The molecule has 1 amide bonds. The van der Waals surface area contributed by atoms with E-state index in [0.717, 1.165) is 11.1 Å². The molecule has 0 aliphatic rings. The highest BCUT2D eigenvalue weighted by molar-refractivity contribution is 6.30. The Hall–Kier alpha value is -2.73. The number of amides is 1. The summed E-state index contributed by atoms with van der Waals surface area (Å²) in [5.74, 6) is 0.346. The molecule has 6 nitrogen and oxygen atoms in total. The van der Waals surface area contributed by atoms with Crippen LogP contribution in [0.15, 0.2) is 47.3 Å². The first-order valence-electron chi connectivity index (χ1n) is 6.96. The minimum Gasteiger partial charge on any atom is -0.484 e. The number of H-pyrrole nitrogens is 2. The van der Waals surface area contributed by atoms with E-state index >= 15 is 0 Å². The second kappa shape index (κ2) is 6.58. The van der Waals surface area contributed by atoms with Crippen LogP contribution in [0.3, 0.4) is 0 Å². The molecule has 0 aliphatic heterocycles. The molecule has 7 heteroatoms. The van der Waals surface area contributed by atoms with Crippen LogP contribution in [-0.4, -0.2) is 22.5 Å². The molecule has 3 rings (SSSR count). The predicted octanol–water partition coefficient (Wildman–Crippen LogP) is 2.20. The topological polar surface area (TPSA) is 87.0 Å². The van der Waals surface area contributed by atoms with Gasteiger partial charge in [-0.1, -0.05) is 17.7 Å². The Labute approximate surface area is 136 Å². The van der Waals surface area contributed by atoms with Gasteiger partial charge in [-0.05, 0) is 42.0 Å². The van der Waals surface area contributed by atoms with Crippen molar-refractivity contribution in [3.05, 3.63) is 63.5 Å². The summed E-state index contributed by atoms with van der Waals surface area (Å²) in [5, 5.41) is 3.37. The molecule has 1 aromatic heterocycles. The minimum absolute atomic E-state index is 0.0785. The van der Waals surface area contributed by atoms with E-state index in [-0.39, 0.29) is 18.2 Å². The first kappa shape index (κ1) is 15.2. The van der Waals surface area contributed by atoms with Gasteiger partial charge in [0.05, 0.1) is 11.0 Å². The Morgan fingerprint density at radius 1 is 1.09 bits per heavy atom. The van der Waals surface area contributed by atoms with Crippen molar-refractivity contribution in [3.63, 3.8) is 0 Å². The van der Waals surface area contributed by atoms with Gasteiger partial charge < -0.3 is 20.0 Å². The van der Waals surface area contributed by atoms with Gasteiger partial charge in [0.15, 0.2) is 6.61 Å². The average Bonchev–Trinajstić information content (AvgIpc) is 2.91. The molecule has 0 saturated carbocycles. The summed E-state index contributed by atoms with van der Waals surface area (Å²) < 4.78 is 5.36. The first-order chi connectivity index (χ1) is 11.1. The number of halogens is 1. The molecule has 23 heavy (non-hydrogen) atoms. The lowest BCUT2D eigenvalue weighted by molar-refractivity contribution is -0.123. The molecule has 3 aromatic rings. The van der Waals surface area contributed by atoms with Crippen molar-refractivity contribution >= 4 is 28.5 Å². The fraction of sp³-hybridized carbons (Fsp3) is 0.125. The van der Waals surface area contributed by atoms with Gasteiger partial charge in [0.2, 0.25) is 0 Å². The monoisotopic (exact) mass is 331 g/mol. The molecular weight excluding hydrogens is 318 g/mol. The maximum absolute atomic E-state index is 11.8. The third-order valence-electron chi connectivity index (χ3n) is 3.25. The summed E-state index contributed by atoms with van der Waals surface area (Å²) in [4.78, 5) is 28.3. The highest BCUT2D eigenvalue weighted by atomic mass is 35.5. The summed E-state index contributed by atoms with van der Waals surface area (Å²) in [6.07, 6.45) is 0. The molecule has 118 valence electrons. The van der Waals surface area contributed by atoms with Crippen LogP contribution in [0.25, 0.3) is 11.0 Å². The second-order valence-electron chi connectivity index (χ2n) is 4.98. The van der Waals surface area contributed by atoms with Crippen molar-refractivity contribution in [2.45, 2.75) is 6.54 Å². The van der Waals surface area contributed by atoms with Crippen LogP contribution in [0, 0.1) is 0 Å². The van der Waals surface area contributed by atoms with Crippen LogP contribution < -0.4 is 15.7 Å². The van der Waals surface area contributed by atoms with Gasteiger partial charge in [-0.2, -0.15) is 0 Å². The summed E-state index contributed by atoms with van der Waals surface area (Å²) >= 11 is 5.78. The summed E-state index contributed by atoms with van der Waals surface area (Å²) in [6.45, 7) is 0.275. The Kier molecular flexibility index (Phi) is 4.34. The molecule has 0 atom stereocenters. The van der Waals surface area contributed by atoms with Gasteiger partial charge in [0, 0.05) is 11.6 Å². The lowest BCUT2D eigenvalue weighted by atomic mass is 10.2. The smallest absolute Gasteiger partial charge is 0.323 e. The maximum atomic E-state index is 11.8. The predicted molar refractivity (Wildman–Crippen MR) is 87.7 cm³/mol. The maximum Gasteiger partial charge on any atom is 0.323 e. The minimum atomic E-state index is -0.252. The number of aromatic amines is 2. The van der Waals surface area contributed by atoms with Crippen molar-refractivity contribution in [1.29, 1.82) is 0 Å². The molecule has 3 N–H and O–H groups in total. The second-order valence-corrected chi connectivity index (χ2v) is 5.41. The van der Waals surface area contributed by atoms with Crippen LogP contribution in [0.1, 0.15) is 5.56 Å². The molecule has 0 radical (unpaired) electrons. The van der Waals surface area contributed by atoms with Gasteiger partial charge in [0.1, 0.15) is 5.75 Å². The van der Waals surface area contributed by atoms with E-state index in [1.165, 1.54) is 0 Å². The van der Waals surface area contributed by atoms with E-state index in [2.05, 4.69) is 15.3 Å². The average molecular weight is 332 g/mol. The van der Waals surface area contributed by atoms with E-state index in [0.29, 0.717) is 22.8 Å². The fourth-order valence-corrected chi connectivity index (χ4v) is 2.25. The van der Waals surface area contributed by atoms with Crippen LogP contribution in [0.5, 0.6) is 5.75 Å². The van der Waals surface area contributed by atoms with E-state index < -0.39 is 0 Å². The zero-order valence-corrected chi connectivity index (χ0v) is 12.8. The number of hydrogen-bond acceptors (Lipinski definition) is 3. The molecule has 1 heterocycles. The van der Waals surface area contributed by atoms with Gasteiger partial charge >= 0.3 is 5.69 Å². The lowest BCUT2D eigenvalue weighted by Crippen LogP contribution is -2.28. The van der Waals surface area contributed by atoms with Crippen LogP contribution in [0.2, 0.25) is 5.02 Å². The fourth-order valence-electron chi connectivity index (χ4n) is 2.12. The third-order valence-corrected chi connectivity index (χ3v) is 3.51. The molecule has 0 fully saturated rings. The largest absolute Gasteiger partial charge is 0.484 e. The molecule has 0 saturated heterocycles. The van der Waals surface area contributed by atoms with Crippen LogP contribution >= 0.6 is 11.6 Å². The Morgan fingerprint density at radius 3 is 2.61 bits per heavy atom. The number of hydrogen-bond donors (Lipinski definition) is 3. The summed E-state index contributed by atoms with van der Waals surface area (Å²) in [5.41, 5.74) is 2.07. The number of benzene rings is 2. The van der Waals surface area contributed by atoms with Crippen molar-refractivity contribution < 1.29 is 9.53 Å². The Bertz CT molecular complexity index is 883. The molecule has 0 bridgehead atoms. The third kappa shape index (κ3) is 3.92. The van der Waals surface area contributed by atoms with Crippen molar-refractivity contribution in [3.8, 4) is 5.75 Å².